The number of alkyl halides is 3. The zero-order chi connectivity index (χ0) is 8.48. The molecule has 0 atom stereocenters. The SMILES string of the molecule is CCn1cccc1C(F)(F)F. The molecular weight excluding hydrogens is 155 g/mol. The van der Waals surface area contributed by atoms with Crippen molar-refractivity contribution in [3.8, 4) is 0 Å². The standard InChI is InChI=1S/C7H8F3N/c1-2-11-5-3-4-6(11)7(8,9)10/h3-5H,2H2,1H3. The van der Waals surface area contributed by atoms with Gasteiger partial charge in [0, 0.05) is 12.7 Å². The zero-order valence-corrected chi connectivity index (χ0v) is 6.02. The Balaban J connectivity index is 3.02. The van der Waals surface area contributed by atoms with E-state index in [4.69, 9.17) is 0 Å². The minimum Gasteiger partial charge on any atom is -0.344 e. The van der Waals surface area contributed by atoms with E-state index in [9.17, 15) is 13.2 Å². The minimum atomic E-state index is -4.22. The second kappa shape index (κ2) is 2.60. The van der Waals surface area contributed by atoms with Crippen molar-refractivity contribution in [1.82, 2.24) is 4.57 Å². The Kier molecular flexibility index (Phi) is 1.93. The highest BCUT2D eigenvalue weighted by molar-refractivity contribution is 5.10. The van der Waals surface area contributed by atoms with Gasteiger partial charge in [-0.3, -0.25) is 0 Å². The molecule has 1 aromatic rings. The van der Waals surface area contributed by atoms with Crippen molar-refractivity contribution < 1.29 is 13.2 Å². The molecule has 0 N–H and O–H groups in total. The van der Waals surface area contributed by atoms with Crippen molar-refractivity contribution in [3.63, 3.8) is 0 Å². The Morgan fingerprint density at radius 2 is 2.09 bits per heavy atom. The number of nitrogens with zero attached hydrogens (tertiary/aromatic N) is 1. The smallest absolute Gasteiger partial charge is 0.344 e. The van der Waals surface area contributed by atoms with E-state index >= 15 is 0 Å². The monoisotopic (exact) mass is 163 g/mol. The average Bonchev–Trinajstić information content (AvgIpc) is 2.31. The van der Waals surface area contributed by atoms with Crippen LogP contribution in [-0.4, -0.2) is 4.57 Å². The molecule has 1 heterocycles. The predicted octanol–water partition coefficient (Wildman–Crippen LogP) is 2.53. The first kappa shape index (κ1) is 8.17. The van der Waals surface area contributed by atoms with Crippen LogP contribution >= 0.6 is 0 Å². The minimum absolute atomic E-state index is 0.349. The Morgan fingerprint density at radius 3 is 2.45 bits per heavy atom. The first-order valence-electron chi connectivity index (χ1n) is 3.28. The average molecular weight is 163 g/mol. The second-order valence-corrected chi connectivity index (χ2v) is 2.18. The Bertz CT molecular complexity index is 236. The van der Waals surface area contributed by atoms with E-state index in [0.717, 1.165) is 6.07 Å². The van der Waals surface area contributed by atoms with Gasteiger partial charge in [0.2, 0.25) is 0 Å². The van der Waals surface area contributed by atoms with Crippen LogP contribution in [0.25, 0.3) is 0 Å². The fourth-order valence-electron chi connectivity index (χ4n) is 0.947. The summed E-state index contributed by atoms with van der Waals surface area (Å²) in [6, 6.07) is 2.47. The van der Waals surface area contributed by atoms with Gasteiger partial charge in [-0.25, -0.2) is 0 Å². The second-order valence-electron chi connectivity index (χ2n) is 2.18. The lowest BCUT2D eigenvalue weighted by Crippen LogP contribution is -2.11. The van der Waals surface area contributed by atoms with Gasteiger partial charge in [-0.15, -0.1) is 0 Å². The van der Waals surface area contributed by atoms with Crippen LogP contribution in [0.4, 0.5) is 13.2 Å². The lowest BCUT2D eigenvalue weighted by atomic mass is 10.4. The topological polar surface area (TPSA) is 4.93 Å². The molecule has 0 aliphatic rings. The summed E-state index contributed by atoms with van der Waals surface area (Å²) in [6.45, 7) is 2.02. The summed E-state index contributed by atoms with van der Waals surface area (Å²) in [5, 5.41) is 0. The molecule has 0 saturated carbocycles. The van der Waals surface area contributed by atoms with Crippen LogP contribution in [0.1, 0.15) is 12.6 Å². The fraction of sp³-hybridized carbons (Fsp3) is 0.429. The van der Waals surface area contributed by atoms with Gasteiger partial charge < -0.3 is 4.57 Å². The highest BCUT2D eigenvalue weighted by atomic mass is 19.4. The molecular formula is C7H8F3N. The number of halogens is 3. The Labute approximate surface area is 62.4 Å². The summed E-state index contributed by atoms with van der Waals surface area (Å²) >= 11 is 0. The third-order valence-corrected chi connectivity index (χ3v) is 1.46. The predicted molar refractivity (Wildman–Crippen MR) is 35.1 cm³/mol. The maximum absolute atomic E-state index is 12.0. The molecule has 0 saturated heterocycles. The van der Waals surface area contributed by atoms with E-state index < -0.39 is 11.9 Å². The van der Waals surface area contributed by atoms with Crippen molar-refractivity contribution in [2.45, 2.75) is 19.6 Å². The van der Waals surface area contributed by atoms with E-state index in [-0.39, 0.29) is 0 Å². The third-order valence-electron chi connectivity index (χ3n) is 1.46. The van der Waals surface area contributed by atoms with Crippen LogP contribution in [0.15, 0.2) is 18.3 Å². The van der Waals surface area contributed by atoms with E-state index in [1.807, 2.05) is 0 Å². The quantitative estimate of drug-likeness (QED) is 0.599. The van der Waals surface area contributed by atoms with Gasteiger partial charge >= 0.3 is 6.18 Å². The van der Waals surface area contributed by atoms with Crippen molar-refractivity contribution in [2.24, 2.45) is 0 Å². The van der Waals surface area contributed by atoms with Gasteiger partial charge in [0.25, 0.3) is 0 Å². The molecule has 62 valence electrons. The summed E-state index contributed by atoms with van der Waals surface area (Å²) in [4.78, 5) is 0. The molecule has 1 aromatic heterocycles. The lowest BCUT2D eigenvalue weighted by molar-refractivity contribution is -0.143. The maximum atomic E-state index is 12.0. The summed E-state index contributed by atoms with van der Waals surface area (Å²) in [5.41, 5.74) is -0.583. The van der Waals surface area contributed by atoms with Crippen LogP contribution in [-0.2, 0) is 12.7 Å². The molecule has 0 radical (unpaired) electrons. The largest absolute Gasteiger partial charge is 0.431 e. The third kappa shape index (κ3) is 1.56. The molecule has 0 bridgehead atoms. The van der Waals surface area contributed by atoms with Gasteiger partial charge in [0.15, 0.2) is 0 Å². The zero-order valence-electron chi connectivity index (χ0n) is 6.02. The molecule has 0 aliphatic carbocycles. The molecule has 0 unspecified atom stereocenters. The maximum Gasteiger partial charge on any atom is 0.431 e. The van der Waals surface area contributed by atoms with E-state index in [1.165, 1.54) is 16.8 Å². The number of hydrogen-bond acceptors (Lipinski definition) is 0. The fourth-order valence-corrected chi connectivity index (χ4v) is 0.947. The van der Waals surface area contributed by atoms with Crippen LogP contribution in [0.5, 0.6) is 0 Å². The molecule has 1 rings (SSSR count). The van der Waals surface area contributed by atoms with Crippen molar-refractivity contribution >= 4 is 0 Å². The van der Waals surface area contributed by atoms with Gasteiger partial charge in [0.05, 0.1) is 0 Å². The lowest BCUT2D eigenvalue weighted by Gasteiger charge is -2.08. The molecule has 1 nitrogen and oxygen atoms in total. The molecule has 11 heavy (non-hydrogen) atoms. The first-order valence-corrected chi connectivity index (χ1v) is 3.28. The number of rotatable bonds is 1. The molecule has 0 fully saturated rings. The van der Waals surface area contributed by atoms with Gasteiger partial charge in [-0.1, -0.05) is 0 Å². The summed E-state index contributed by atoms with van der Waals surface area (Å²) in [5.74, 6) is 0. The molecule has 0 amide bonds. The van der Waals surface area contributed by atoms with E-state index in [2.05, 4.69) is 0 Å². The Hall–Kier alpha value is -0.930. The first-order chi connectivity index (χ1) is 5.05. The van der Waals surface area contributed by atoms with Crippen molar-refractivity contribution in [3.05, 3.63) is 24.0 Å². The van der Waals surface area contributed by atoms with E-state index in [1.54, 1.807) is 6.92 Å². The van der Waals surface area contributed by atoms with Crippen molar-refractivity contribution in [2.75, 3.05) is 0 Å². The molecule has 0 aromatic carbocycles. The molecule has 4 heteroatoms. The normalized spacial score (nSPS) is 12.0. The molecule has 0 spiro atoms. The van der Waals surface area contributed by atoms with Crippen LogP contribution < -0.4 is 0 Å². The highest BCUT2D eigenvalue weighted by Gasteiger charge is 2.33. The van der Waals surface area contributed by atoms with Gasteiger partial charge in [0.1, 0.15) is 5.69 Å². The van der Waals surface area contributed by atoms with Crippen LogP contribution in [0, 0.1) is 0 Å². The number of aryl methyl sites for hydroxylation is 1. The van der Waals surface area contributed by atoms with Gasteiger partial charge in [-0.2, -0.15) is 13.2 Å². The number of hydrogen-bond donors (Lipinski definition) is 0. The summed E-state index contributed by atoms with van der Waals surface area (Å²) < 4.78 is 37.3. The van der Waals surface area contributed by atoms with Crippen LogP contribution in [0.3, 0.4) is 0 Å². The van der Waals surface area contributed by atoms with Crippen LogP contribution in [0.2, 0.25) is 0 Å². The van der Waals surface area contributed by atoms with Crippen molar-refractivity contribution in [1.29, 1.82) is 0 Å². The summed E-state index contributed by atoms with van der Waals surface area (Å²) in [7, 11) is 0. The summed E-state index contributed by atoms with van der Waals surface area (Å²) in [6.07, 6.45) is -2.80. The van der Waals surface area contributed by atoms with E-state index in [0.29, 0.717) is 6.54 Å². The van der Waals surface area contributed by atoms with Gasteiger partial charge in [-0.05, 0) is 19.1 Å². The Morgan fingerprint density at radius 1 is 1.45 bits per heavy atom. The molecule has 0 aliphatic heterocycles. The highest BCUT2D eigenvalue weighted by Crippen LogP contribution is 2.29. The number of aromatic nitrogens is 1.